The molecular formula is C33H45NO14. The normalized spacial score (nSPS) is 25.4. The van der Waals surface area contributed by atoms with Gasteiger partial charge in [-0.25, -0.2) is 4.79 Å². The van der Waals surface area contributed by atoms with E-state index in [1.54, 1.807) is 21.0 Å². The van der Waals surface area contributed by atoms with Crippen molar-refractivity contribution in [2.24, 2.45) is 0 Å². The number of hydrogen-bond acceptors (Lipinski definition) is 13. The lowest BCUT2D eigenvalue weighted by atomic mass is 9.77. The van der Waals surface area contributed by atoms with Gasteiger partial charge in [-0.05, 0) is 56.4 Å². The minimum Gasteiger partial charge on any atom is -0.547 e. The highest BCUT2D eigenvalue weighted by Crippen LogP contribution is 2.50. The number of fused-ring (bicyclic) bond motifs is 3. The summed E-state index contributed by atoms with van der Waals surface area (Å²) in [7, 11) is 2.77. The van der Waals surface area contributed by atoms with E-state index in [0.29, 0.717) is 30.1 Å². The van der Waals surface area contributed by atoms with E-state index in [2.05, 4.69) is 6.08 Å². The quantitative estimate of drug-likeness (QED) is 0.163. The van der Waals surface area contributed by atoms with E-state index in [1.165, 1.54) is 12.0 Å². The predicted molar refractivity (Wildman–Crippen MR) is 162 cm³/mol. The Balaban J connectivity index is 0.000000508. The van der Waals surface area contributed by atoms with Gasteiger partial charge in [-0.1, -0.05) is 0 Å². The number of carbonyl (C=O) groups excluding carboxylic acids is 3. The Labute approximate surface area is 278 Å². The third kappa shape index (κ3) is 8.02. The van der Waals surface area contributed by atoms with Gasteiger partial charge in [-0.3, -0.25) is 9.59 Å². The smallest absolute Gasteiger partial charge is 0.339 e. The second-order valence-corrected chi connectivity index (χ2v) is 13.3. The van der Waals surface area contributed by atoms with E-state index in [0.717, 1.165) is 43.5 Å². The van der Waals surface area contributed by atoms with E-state index in [9.17, 15) is 34.5 Å². The van der Waals surface area contributed by atoms with Crippen molar-refractivity contribution < 1.29 is 73.3 Å². The number of aliphatic hydroxyl groups is 3. The molecule has 15 heteroatoms. The number of aliphatic hydroxyl groups excluding tert-OH is 1. The summed E-state index contributed by atoms with van der Waals surface area (Å²) < 4.78 is 28.1. The highest BCUT2D eigenvalue weighted by Gasteiger charge is 2.62. The summed E-state index contributed by atoms with van der Waals surface area (Å²) in [6.45, 7) is 5.39. The van der Waals surface area contributed by atoms with Crippen molar-refractivity contribution in [1.29, 1.82) is 0 Å². The lowest BCUT2D eigenvalue weighted by Crippen LogP contribution is -3.18. The topological polar surface area (TPSA) is 223 Å². The molecule has 0 aromatic heterocycles. The predicted octanol–water partition coefficient (Wildman–Crippen LogP) is -1.26. The average Bonchev–Trinajstić information content (AvgIpc) is 3.69. The van der Waals surface area contributed by atoms with Crippen LogP contribution in [-0.4, -0.2) is 107 Å². The van der Waals surface area contributed by atoms with E-state index in [4.69, 9.17) is 33.9 Å². The number of hydrogen-bond donors (Lipinski definition) is 5. The zero-order valence-corrected chi connectivity index (χ0v) is 27.6. The fourth-order valence-electron chi connectivity index (χ4n) is 7.17. The molecule has 1 aliphatic carbocycles. The van der Waals surface area contributed by atoms with Crippen LogP contribution in [0.5, 0.6) is 11.5 Å². The fourth-order valence-corrected chi connectivity index (χ4v) is 7.17. The standard InChI is InChI=1S/C29H39NO9.C4H6O5/c1-27(2,33)8-5-10-29(34,16-23(31)36-4)26(32)39-25-22(35-3)15-28-9-6-11-30(28)12-7-18-13-20-21(38-17-37-20)14-19(18)24(25)28;5-2(4(8)9)1-3(6)7/h13-15,24-25,33-34H,5-12,16-17H2,1-4H3;2,5H,1H2,(H,6,7)(H,8,9)/t24-,25-,28+,29+;2-/m10/s1. The van der Waals surface area contributed by atoms with Crippen LogP contribution >= 0.6 is 0 Å². The van der Waals surface area contributed by atoms with Gasteiger partial charge in [0, 0.05) is 25.3 Å². The van der Waals surface area contributed by atoms with Crippen LogP contribution < -0.4 is 19.5 Å². The Bertz CT molecular complexity index is 1420. The maximum Gasteiger partial charge on any atom is 0.339 e. The van der Waals surface area contributed by atoms with Crippen LogP contribution in [0.4, 0.5) is 0 Å². The number of methoxy groups -OCH3 is 2. The average molecular weight is 680 g/mol. The molecule has 3 heterocycles. The molecule has 0 amide bonds. The molecule has 1 aromatic carbocycles. The number of benzene rings is 1. The number of nitrogens with one attached hydrogen (secondary N) is 1. The van der Waals surface area contributed by atoms with Crippen molar-refractivity contribution >= 4 is 23.9 Å². The fraction of sp³-hybridized carbons (Fsp3) is 0.636. The molecule has 1 saturated heterocycles. The van der Waals surface area contributed by atoms with Gasteiger partial charge in [-0.15, -0.1) is 0 Å². The number of esters is 2. The first kappa shape index (κ1) is 36.9. The number of carboxylic acid groups (broad SMARTS) is 2. The van der Waals surface area contributed by atoms with E-state index >= 15 is 0 Å². The Morgan fingerprint density at radius 2 is 1.79 bits per heavy atom. The number of aliphatic carboxylic acids is 2. The number of carboxylic acids is 2. The molecule has 1 spiro atoms. The first-order valence-corrected chi connectivity index (χ1v) is 15.9. The number of carbonyl (C=O) groups is 4. The minimum absolute atomic E-state index is 0.0634. The van der Waals surface area contributed by atoms with Gasteiger partial charge in [0.25, 0.3) is 0 Å². The van der Waals surface area contributed by atoms with Gasteiger partial charge in [0.05, 0.1) is 57.6 Å². The Kier molecular flexibility index (Phi) is 11.3. The largest absolute Gasteiger partial charge is 0.547 e. The molecule has 5 rings (SSSR count). The molecule has 3 aliphatic heterocycles. The van der Waals surface area contributed by atoms with Crippen molar-refractivity contribution in [3.05, 3.63) is 35.1 Å². The van der Waals surface area contributed by atoms with Crippen LogP contribution in [0.2, 0.25) is 0 Å². The Hall–Kier alpha value is -3.92. The van der Waals surface area contributed by atoms with Crippen molar-refractivity contribution in [1.82, 2.24) is 0 Å². The third-order valence-electron chi connectivity index (χ3n) is 9.46. The van der Waals surface area contributed by atoms with Crippen LogP contribution in [0.25, 0.3) is 0 Å². The molecule has 0 bridgehead atoms. The van der Waals surface area contributed by atoms with Gasteiger partial charge in [0.1, 0.15) is 17.4 Å². The highest BCUT2D eigenvalue weighted by atomic mass is 16.7. The number of rotatable bonds is 12. The second kappa shape index (κ2) is 14.7. The Morgan fingerprint density at radius 3 is 2.38 bits per heavy atom. The molecule has 6 atom stereocenters. The van der Waals surface area contributed by atoms with Gasteiger partial charge in [0.2, 0.25) is 6.79 Å². The van der Waals surface area contributed by atoms with Gasteiger partial charge in [0.15, 0.2) is 23.2 Å². The third-order valence-corrected chi connectivity index (χ3v) is 9.46. The molecule has 48 heavy (non-hydrogen) atoms. The molecule has 5 N–H and O–H groups in total. The minimum atomic E-state index is -2.11. The molecule has 266 valence electrons. The lowest BCUT2D eigenvalue weighted by Gasteiger charge is -2.37. The number of quaternary nitrogens is 1. The highest BCUT2D eigenvalue weighted by molar-refractivity contribution is 5.86. The Morgan fingerprint density at radius 1 is 1.10 bits per heavy atom. The summed E-state index contributed by atoms with van der Waals surface area (Å²) in [5.41, 5.74) is -1.29. The van der Waals surface area contributed by atoms with E-state index in [1.807, 2.05) is 12.1 Å². The molecular weight excluding hydrogens is 634 g/mol. The van der Waals surface area contributed by atoms with E-state index < -0.39 is 60.1 Å². The summed E-state index contributed by atoms with van der Waals surface area (Å²) in [6.07, 6.45) is 1.41. The summed E-state index contributed by atoms with van der Waals surface area (Å²) in [6, 6.07) is 4.03. The van der Waals surface area contributed by atoms with Gasteiger partial charge in [-0.2, -0.15) is 0 Å². The monoisotopic (exact) mass is 679 g/mol. The maximum absolute atomic E-state index is 13.8. The molecule has 0 saturated carbocycles. The zero-order chi connectivity index (χ0) is 35.4. The molecule has 0 radical (unpaired) electrons. The van der Waals surface area contributed by atoms with Crippen molar-refractivity contribution in [3.63, 3.8) is 0 Å². The molecule has 1 unspecified atom stereocenters. The van der Waals surface area contributed by atoms with Gasteiger partial charge >= 0.3 is 17.9 Å². The van der Waals surface area contributed by atoms with Crippen molar-refractivity contribution in [2.45, 2.75) is 100 Å². The van der Waals surface area contributed by atoms with Gasteiger partial charge < -0.3 is 58.9 Å². The first-order chi connectivity index (χ1) is 22.5. The van der Waals surface area contributed by atoms with Crippen LogP contribution in [0.1, 0.15) is 75.8 Å². The summed E-state index contributed by atoms with van der Waals surface area (Å²) in [4.78, 5) is 46.7. The SMILES string of the molecule is COC(=O)C[C@@](O)(CCCC(C)(C)O)C(=O)O[C@@H]1C(OC)=C[C@]23CCC[NH+]2CCc2cc4c(cc2[C@H]13)OCO4.O=C(O)C[C@H](O)C(=O)[O-]. The van der Waals surface area contributed by atoms with Crippen LogP contribution in [-0.2, 0) is 39.8 Å². The molecule has 1 fully saturated rings. The molecule has 1 aromatic rings. The lowest BCUT2D eigenvalue weighted by molar-refractivity contribution is -0.932. The first-order valence-electron chi connectivity index (χ1n) is 15.9. The van der Waals surface area contributed by atoms with Crippen LogP contribution in [0.15, 0.2) is 24.0 Å². The summed E-state index contributed by atoms with van der Waals surface area (Å²) in [5, 5.41) is 47.4. The second-order valence-electron chi connectivity index (χ2n) is 13.3. The maximum atomic E-state index is 13.8. The van der Waals surface area contributed by atoms with Crippen molar-refractivity contribution in [3.8, 4) is 11.5 Å². The number of ether oxygens (including phenoxy) is 5. The van der Waals surface area contributed by atoms with Crippen LogP contribution in [0.3, 0.4) is 0 Å². The van der Waals surface area contributed by atoms with Crippen molar-refractivity contribution in [2.75, 3.05) is 34.1 Å². The summed E-state index contributed by atoms with van der Waals surface area (Å²) in [5.74, 6) is -3.11. The molecule has 15 nitrogen and oxygen atoms in total. The summed E-state index contributed by atoms with van der Waals surface area (Å²) >= 11 is 0. The van der Waals surface area contributed by atoms with E-state index in [-0.39, 0.29) is 24.7 Å². The zero-order valence-electron chi connectivity index (χ0n) is 27.6. The van der Waals surface area contributed by atoms with Crippen LogP contribution in [0, 0.1) is 0 Å². The molecule has 4 aliphatic rings.